The van der Waals surface area contributed by atoms with E-state index >= 15 is 0 Å². The standard InChI is InChI=1S/C13H30N2/c1-6-14-13(5)9-8-10-15(7-2)11-12(3)4/h12-14H,6-11H2,1-5H3. The minimum absolute atomic E-state index is 0.674. The van der Waals surface area contributed by atoms with E-state index in [-0.39, 0.29) is 0 Å². The van der Waals surface area contributed by atoms with Gasteiger partial charge in [0.05, 0.1) is 0 Å². The van der Waals surface area contributed by atoms with E-state index in [9.17, 15) is 0 Å². The zero-order chi connectivity index (χ0) is 11.7. The van der Waals surface area contributed by atoms with Crippen molar-refractivity contribution in [2.45, 2.75) is 53.5 Å². The molecule has 1 N–H and O–H groups in total. The molecule has 0 amide bonds. The number of nitrogens with zero attached hydrogens (tertiary/aromatic N) is 1. The maximum Gasteiger partial charge on any atom is 0.00390 e. The van der Waals surface area contributed by atoms with Crippen LogP contribution >= 0.6 is 0 Å². The topological polar surface area (TPSA) is 15.3 Å². The van der Waals surface area contributed by atoms with Crippen LogP contribution in [0, 0.1) is 5.92 Å². The summed E-state index contributed by atoms with van der Waals surface area (Å²) in [7, 11) is 0. The Balaban J connectivity index is 3.53. The molecule has 1 unspecified atom stereocenters. The molecule has 0 aromatic heterocycles. The van der Waals surface area contributed by atoms with Crippen molar-refractivity contribution in [3.05, 3.63) is 0 Å². The summed E-state index contributed by atoms with van der Waals surface area (Å²) in [6.45, 7) is 16.1. The second-order valence-corrected chi connectivity index (χ2v) is 4.89. The zero-order valence-corrected chi connectivity index (χ0v) is 11.3. The van der Waals surface area contributed by atoms with Crippen LogP contribution in [-0.2, 0) is 0 Å². The van der Waals surface area contributed by atoms with Crippen molar-refractivity contribution in [1.29, 1.82) is 0 Å². The minimum Gasteiger partial charge on any atom is -0.315 e. The molecule has 2 heteroatoms. The van der Waals surface area contributed by atoms with Gasteiger partial charge in [-0.3, -0.25) is 0 Å². The highest BCUT2D eigenvalue weighted by Crippen LogP contribution is 2.03. The summed E-state index contributed by atoms with van der Waals surface area (Å²) >= 11 is 0. The van der Waals surface area contributed by atoms with Gasteiger partial charge >= 0.3 is 0 Å². The quantitative estimate of drug-likeness (QED) is 0.635. The first kappa shape index (κ1) is 14.9. The lowest BCUT2D eigenvalue weighted by atomic mass is 10.1. The molecule has 0 rings (SSSR count). The van der Waals surface area contributed by atoms with Crippen LogP contribution < -0.4 is 5.32 Å². The number of rotatable bonds is 9. The van der Waals surface area contributed by atoms with Crippen molar-refractivity contribution in [2.24, 2.45) is 5.92 Å². The van der Waals surface area contributed by atoms with Gasteiger partial charge in [0, 0.05) is 12.6 Å². The lowest BCUT2D eigenvalue weighted by molar-refractivity contribution is 0.248. The SMILES string of the molecule is CCNC(C)CCCN(CC)CC(C)C. The molecule has 0 saturated carbocycles. The molecule has 0 heterocycles. The Kier molecular flexibility index (Phi) is 9.12. The van der Waals surface area contributed by atoms with Crippen LogP contribution in [0.3, 0.4) is 0 Å². The molecule has 2 nitrogen and oxygen atoms in total. The lowest BCUT2D eigenvalue weighted by Crippen LogP contribution is -2.31. The highest BCUT2D eigenvalue weighted by Gasteiger charge is 2.05. The van der Waals surface area contributed by atoms with Crippen molar-refractivity contribution < 1.29 is 0 Å². The average molecular weight is 214 g/mol. The van der Waals surface area contributed by atoms with Gasteiger partial charge in [0.1, 0.15) is 0 Å². The van der Waals surface area contributed by atoms with Crippen LogP contribution in [0.15, 0.2) is 0 Å². The molecule has 15 heavy (non-hydrogen) atoms. The summed E-state index contributed by atoms with van der Waals surface area (Å²) < 4.78 is 0. The summed E-state index contributed by atoms with van der Waals surface area (Å²) in [6, 6.07) is 0.674. The normalized spacial score (nSPS) is 13.8. The zero-order valence-electron chi connectivity index (χ0n) is 11.3. The third-order valence-electron chi connectivity index (χ3n) is 2.73. The molecular weight excluding hydrogens is 184 g/mol. The molecule has 0 aliphatic rings. The Hall–Kier alpha value is -0.0800. The van der Waals surface area contributed by atoms with Gasteiger partial charge in [-0.1, -0.05) is 27.7 Å². The first-order chi connectivity index (χ1) is 7.10. The summed E-state index contributed by atoms with van der Waals surface area (Å²) in [5.41, 5.74) is 0. The van der Waals surface area contributed by atoms with Crippen molar-refractivity contribution >= 4 is 0 Å². The second kappa shape index (κ2) is 9.17. The Labute approximate surface area is 96.4 Å². The Bertz CT molecular complexity index is 134. The van der Waals surface area contributed by atoms with E-state index in [4.69, 9.17) is 0 Å². The summed E-state index contributed by atoms with van der Waals surface area (Å²) in [5, 5.41) is 3.46. The van der Waals surface area contributed by atoms with E-state index in [1.54, 1.807) is 0 Å². The summed E-state index contributed by atoms with van der Waals surface area (Å²) in [4.78, 5) is 2.56. The molecular formula is C13H30N2. The number of nitrogens with one attached hydrogen (secondary N) is 1. The van der Waals surface area contributed by atoms with Crippen LogP contribution in [0.25, 0.3) is 0 Å². The van der Waals surface area contributed by atoms with E-state index in [1.807, 2.05) is 0 Å². The van der Waals surface area contributed by atoms with Crippen LogP contribution in [0.5, 0.6) is 0 Å². The van der Waals surface area contributed by atoms with E-state index in [2.05, 4.69) is 44.8 Å². The third-order valence-corrected chi connectivity index (χ3v) is 2.73. The van der Waals surface area contributed by atoms with E-state index in [0.29, 0.717) is 6.04 Å². The fourth-order valence-electron chi connectivity index (χ4n) is 1.97. The van der Waals surface area contributed by atoms with Crippen molar-refractivity contribution in [2.75, 3.05) is 26.2 Å². The smallest absolute Gasteiger partial charge is 0.00390 e. The Morgan fingerprint density at radius 2 is 1.80 bits per heavy atom. The summed E-state index contributed by atoms with van der Waals surface area (Å²) in [6.07, 6.45) is 2.61. The number of hydrogen-bond donors (Lipinski definition) is 1. The second-order valence-electron chi connectivity index (χ2n) is 4.89. The van der Waals surface area contributed by atoms with Crippen LogP contribution in [0.1, 0.15) is 47.5 Å². The first-order valence-electron chi connectivity index (χ1n) is 6.55. The van der Waals surface area contributed by atoms with Crippen LogP contribution in [0.4, 0.5) is 0 Å². The predicted molar refractivity (Wildman–Crippen MR) is 69.3 cm³/mol. The largest absolute Gasteiger partial charge is 0.315 e. The minimum atomic E-state index is 0.674. The molecule has 0 aliphatic carbocycles. The maximum absolute atomic E-state index is 3.46. The summed E-state index contributed by atoms with van der Waals surface area (Å²) in [5.74, 6) is 0.788. The molecule has 0 radical (unpaired) electrons. The molecule has 0 spiro atoms. The van der Waals surface area contributed by atoms with Crippen molar-refractivity contribution in [3.8, 4) is 0 Å². The fourth-order valence-corrected chi connectivity index (χ4v) is 1.97. The Morgan fingerprint density at radius 1 is 1.13 bits per heavy atom. The molecule has 0 aromatic carbocycles. The van der Waals surface area contributed by atoms with Crippen LogP contribution in [-0.4, -0.2) is 37.1 Å². The van der Waals surface area contributed by atoms with Crippen LogP contribution in [0.2, 0.25) is 0 Å². The third kappa shape index (κ3) is 8.88. The van der Waals surface area contributed by atoms with E-state index < -0.39 is 0 Å². The molecule has 0 bridgehead atoms. The average Bonchev–Trinajstić information content (AvgIpc) is 2.16. The first-order valence-corrected chi connectivity index (χ1v) is 6.55. The maximum atomic E-state index is 3.46. The molecule has 0 aromatic rings. The van der Waals surface area contributed by atoms with Gasteiger partial charge in [-0.15, -0.1) is 0 Å². The predicted octanol–water partition coefficient (Wildman–Crippen LogP) is 2.74. The van der Waals surface area contributed by atoms with Gasteiger partial charge < -0.3 is 10.2 Å². The van der Waals surface area contributed by atoms with Gasteiger partial charge in [-0.25, -0.2) is 0 Å². The molecule has 92 valence electrons. The van der Waals surface area contributed by atoms with Gasteiger partial charge in [0.15, 0.2) is 0 Å². The van der Waals surface area contributed by atoms with E-state index in [1.165, 1.54) is 32.5 Å². The molecule has 1 atom stereocenters. The highest BCUT2D eigenvalue weighted by atomic mass is 15.1. The van der Waals surface area contributed by atoms with Gasteiger partial charge in [-0.2, -0.15) is 0 Å². The lowest BCUT2D eigenvalue weighted by Gasteiger charge is -2.23. The molecule has 0 aliphatic heterocycles. The Morgan fingerprint density at radius 3 is 2.27 bits per heavy atom. The van der Waals surface area contributed by atoms with Gasteiger partial charge in [0.2, 0.25) is 0 Å². The fraction of sp³-hybridized carbons (Fsp3) is 1.00. The van der Waals surface area contributed by atoms with Crippen molar-refractivity contribution in [3.63, 3.8) is 0 Å². The monoisotopic (exact) mass is 214 g/mol. The number of hydrogen-bond acceptors (Lipinski definition) is 2. The molecule has 0 fully saturated rings. The molecule has 0 saturated heterocycles. The van der Waals surface area contributed by atoms with Gasteiger partial charge in [0.25, 0.3) is 0 Å². The van der Waals surface area contributed by atoms with E-state index in [0.717, 1.165) is 12.5 Å². The van der Waals surface area contributed by atoms with Crippen molar-refractivity contribution in [1.82, 2.24) is 10.2 Å². The van der Waals surface area contributed by atoms with Gasteiger partial charge in [-0.05, 0) is 45.3 Å². The highest BCUT2D eigenvalue weighted by molar-refractivity contribution is 4.63.